The van der Waals surface area contributed by atoms with Crippen LogP contribution in [-0.2, 0) is 39.9 Å². The topological polar surface area (TPSA) is 138 Å². The van der Waals surface area contributed by atoms with Crippen molar-refractivity contribution in [2.24, 2.45) is 0 Å². The summed E-state index contributed by atoms with van der Waals surface area (Å²) in [7, 11) is 1.22. The third-order valence-corrected chi connectivity index (χ3v) is 4.73. The third kappa shape index (κ3) is 17.0. The summed E-state index contributed by atoms with van der Waals surface area (Å²) in [6.45, 7) is 7.19. The fourth-order valence-corrected chi connectivity index (χ4v) is 2.96. The van der Waals surface area contributed by atoms with Crippen LogP contribution in [-0.4, -0.2) is 75.7 Å². The van der Waals surface area contributed by atoms with E-state index < -0.39 is 29.8 Å². The van der Waals surface area contributed by atoms with Gasteiger partial charge in [0.2, 0.25) is 0 Å². The highest BCUT2D eigenvalue weighted by Gasteiger charge is 2.23. The standard InChI is InChI=1S/C26H40N2O9/c1-26(2,3)37-24(31)27-14-16-35-18-17-34-15-8-11-21(29)12-13-22(23(30)33-4)28-25(32)36-19-20-9-6-5-7-10-20/h5-7,9-10,22H,8,11-19H2,1-4H3,(H,27,31)(H,28,32)/t22-/m0/s1. The number of hydrogen-bond acceptors (Lipinski definition) is 9. The number of Topliss-reactive ketones (excluding diaryl/α,β-unsaturated/α-hetero) is 1. The molecule has 1 aromatic rings. The minimum absolute atomic E-state index is 0.0542. The predicted molar refractivity (Wildman–Crippen MR) is 135 cm³/mol. The Hall–Kier alpha value is -3.18. The molecule has 0 spiro atoms. The Kier molecular flexibility index (Phi) is 15.6. The lowest BCUT2D eigenvalue weighted by molar-refractivity contribution is -0.143. The van der Waals surface area contributed by atoms with Gasteiger partial charge in [0.25, 0.3) is 0 Å². The number of benzene rings is 1. The molecule has 2 amide bonds. The van der Waals surface area contributed by atoms with Crippen LogP contribution in [0.4, 0.5) is 9.59 Å². The fraction of sp³-hybridized carbons (Fsp3) is 0.615. The summed E-state index contributed by atoms with van der Waals surface area (Å²) in [4.78, 5) is 47.7. The van der Waals surface area contributed by atoms with E-state index in [1.165, 1.54) is 7.11 Å². The second-order valence-corrected chi connectivity index (χ2v) is 9.12. The largest absolute Gasteiger partial charge is 0.467 e. The molecule has 0 aromatic heterocycles. The van der Waals surface area contributed by atoms with Crippen LogP contribution in [0.15, 0.2) is 30.3 Å². The Balaban J connectivity index is 2.12. The van der Waals surface area contributed by atoms with Gasteiger partial charge >= 0.3 is 18.2 Å². The number of carbonyl (C=O) groups excluding carboxylic acids is 4. The number of nitrogens with one attached hydrogen (secondary N) is 2. The number of ketones is 1. The maximum atomic E-state index is 12.2. The van der Waals surface area contributed by atoms with Crippen LogP contribution in [0.25, 0.3) is 0 Å². The average molecular weight is 525 g/mol. The summed E-state index contributed by atoms with van der Waals surface area (Å²) in [6.07, 6.45) is -0.233. The van der Waals surface area contributed by atoms with Gasteiger partial charge in [-0.05, 0) is 39.2 Å². The lowest BCUT2D eigenvalue weighted by Gasteiger charge is -2.19. The van der Waals surface area contributed by atoms with Crippen LogP contribution in [0, 0.1) is 0 Å². The maximum Gasteiger partial charge on any atom is 0.408 e. The molecule has 208 valence electrons. The molecule has 0 unspecified atom stereocenters. The Morgan fingerprint density at radius 2 is 1.57 bits per heavy atom. The zero-order valence-corrected chi connectivity index (χ0v) is 22.2. The van der Waals surface area contributed by atoms with E-state index in [9.17, 15) is 19.2 Å². The Morgan fingerprint density at radius 3 is 2.22 bits per heavy atom. The van der Waals surface area contributed by atoms with Gasteiger partial charge in [-0.25, -0.2) is 14.4 Å². The fourth-order valence-electron chi connectivity index (χ4n) is 2.96. The van der Waals surface area contributed by atoms with E-state index in [-0.39, 0.29) is 31.7 Å². The second kappa shape index (κ2) is 18.1. The van der Waals surface area contributed by atoms with E-state index in [4.69, 9.17) is 23.7 Å². The summed E-state index contributed by atoms with van der Waals surface area (Å²) in [5, 5.41) is 5.05. The summed E-state index contributed by atoms with van der Waals surface area (Å²) in [5.74, 6) is -0.699. The van der Waals surface area contributed by atoms with Crippen molar-refractivity contribution in [3.63, 3.8) is 0 Å². The number of amides is 2. The van der Waals surface area contributed by atoms with Crippen molar-refractivity contribution in [1.29, 1.82) is 0 Å². The molecule has 1 atom stereocenters. The molecule has 0 saturated carbocycles. The molecule has 11 heteroatoms. The monoisotopic (exact) mass is 524 g/mol. The molecule has 0 aliphatic heterocycles. The molecule has 1 rings (SSSR count). The molecule has 2 N–H and O–H groups in total. The van der Waals surface area contributed by atoms with E-state index in [0.29, 0.717) is 39.4 Å². The first kappa shape index (κ1) is 31.8. The third-order valence-electron chi connectivity index (χ3n) is 4.73. The van der Waals surface area contributed by atoms with Gasteiger partial charge in [-0.3, -0.25) is 4.79 Å². The minimum atomic E-state index is -0.976. The number of rotatable bonds is 17. The highest BCUT2D eigenvalue weighted by atomic mass is 16.6. The summed E-state index contributed by atoms with van der Waals surface area (Å²) >= 11 is 0. The molecule has 1 aromatic carbocycles. The first-order valence-electron chi connectivity index (χ1n) is 12.3. The van der Waals surface area contributed by atoms with Crippen molar-refractivity contribution in [3.05, 3.63) is 35.9 Å². The van der Waals surface area contributed by atoms with Gasteiger partial charge in [0.1, 0.15) is 24.0 Å². The molecule has 11 nitrogen and oxygen atoms in total. The molecule has 0 saturated heterocycles. The SMILES string of the molecule is COC(=O)[C@H](CCC(=O)CCCOCCOCCNC(=O)OC(C)(C)C)NC(=O)OCc1ccccc1. The maximum absolute atomic E-state index is 12.2. The van der Waals surface area contributed by atoms with Crippen molar-refractivity contribution < 1.29 is 42.9 Å². The van der Waals surface area contributed by atoms with Crippen LogP contribution < -0.4 is 10.6 Å². The molecule has 0 heterocycles. The van der Waals surface area contributed by atoms with Gasteiger partial charge in [0, 0.05) is 26.0 Å². The lowest BCUT2D eigenvalue weighted by atomic mass is 10.1. The van der Waals surface area contributed by atoms with Crippen LogP contribution in [0.5, 0.6) is 0 Å². The molecule has 0 aliphatic rings. The Labute approximate surface area is 218 Å². The van der Waals surface area contributed by atoms with Gasteiger partial charge in [-0.15, -0.1) is 0 Å². The summed E-state index contributed by atoms with van der Waals surface area (Å²) < 4.78 is 25.8. The molecular weight excluding hydrogens is 484 g/mol. The average Bonchev–Trinajstić information content (AvgIpc) is 2.85. The molecule has 0 aliphatic carbocycles. The summed E-state index contributed by atoms with van der Waals surface area (Å²) in [6, 6.07) is 8.15. The normalized spacial score (nSPS) is 11.8. The number of esters is 1. The molecule has 0 radical (unpaired) electrons. The number of carbonyl (C=O) groups is 4. The van der Waals surface area contributed by atoms with E-state index in [2.05, 4.69) is 10.6 Å². The van der Waals surface area contributed by atoms with Gasteiger partial charge in [-0.2, -0.15) is 0 Å². The van der Waals surface area contributed by atoms with Crippen molar-refractivity contribution >= 4 is 23.9 Å². The van der Waals surface area contributed by atoms with Gasteiger partial charge in [0.15, 0.2) is 0 Å². The van der Waals surface area contributed by atoms with Gasteiger partial charge < -0.3 is 34.3 Å². The molecule has 0 bridgehead atoms. The van der Waals surface area contributed by atoms with Crippen LogP contribution in [0.2, 0.25) is 0 Å². The first-order valence-corrected chi connectivity index (χ1v) is 12.3. The van der Waals surface area contributed by atoms with Crippen LogP contribution in [0.1, 0.15) is 52.0 Å². The zero-order valence-electron chi connectivity index (χ0n) is 22.2. The number of ether oxygens (including phenoxy) is 5. The highest BCUT2D eigenvalue weighted by molar-refractivity contribution is 5.83. The predicted octanol–water partition coefficient (Wildman–Crippen LogP) is 3.14. The van der Waals surface area contributed by atoms with Crippen molar-refractivity contribution in [2.75, 3.05) is 40.1 Å². The highest BCUT2D eigenvalue weighted by Crippen LogP contribution is 2.07. The van der Waals surface area contributed by atoms with Crippen LogP contribution in [0.3, 0.4) is 0 Å². The van der Waals surface area contributed by atoms with Gasteiger partial charge in [-0.1, -0.05) is 30.3 Å². The van der Waals surface area contributed by atoms with Crippen LogP contribution >= 0.6 is 0 Å². The van der Waals surface area contributed by atoms with E-state index in [0.717, 1.165) is 5.56 Å². The van der Waals surface area contributed by atoms with Crippen molar-refractivity contribution in [1.82, 2.24) is 10.6 Å². The van der Waals surface area contributed by atoms with Crippen molar-refractivity contribution in [2.45, 2.75) is 64.7 Å². The lowest BCUT2D eigenvalue weighted by Crippen LogP contribution is -2.42. The number of alkyl carbamates (subject to hydrolysis) is 2. The minimum Gasteiger partial charge on any atom is -0.467 e. The summed E-state index contributed by atoms with van der Waals surface area (Å²) in [5.41, 5.74) is 0.267. The van der Waals surface area contributed by atoms with E-state index in [1.807, 2.05) is 30.3 Å². The number of hydrogen-bond donors (Lipinski definition) is 2. The van der Waals surface area contributed by atoms with Crippen molar-refractivity contribution in [3.8, 4) is 0 Å². The smallest absolute Gasteiger partial charge is 0.408 e. The molecule has 0 fully saturated rings. The Bertz CT molecular complexity index is 825. The van der Waals surface area contributed by atoms with Gasteiger partial charge in [0.05, 0.1) is 26.9 Å². The van der Waals surface area contributed by atoms with E-state index in [1.54, 1.807) is 20.8 Å². The number of methoxy groups -OCH3 is 1. The quantitative estimate of drug-likeness (QED) is 0.179. The zero-order chi connectivity index (χ0) is 27.5. The molecule has 37 heavy (non-hydrogen) atoms. The van der Waals surface area contributed by atoms with E-state index >= 15 is 0 Å². The Morgan fingerprint density at radius 1 is 0.892 bits per heavy atom. The molecular formula is C26H40N2O9. The second-order valence-electron chi connectivity index (χ2n) is 9.12. The first-order chi connectivity index (χ1) is 17.6.